The summed E-state index contributed by atoms with van der Waals surface area (Å²) in [4.78, 5) is 12.3. The molecule has 5 rings (SSSR count). The number of carbonyl (C=O) groups is 1. The molecule has 0 unspecified atom stereocenters. The van der Waals surface area contributed by atoms with Gasteiger partial charge in [0.2, 0.25) is 0 Å². The largest absolute Gasteiger partial charge is 0.302 e. The van der Waals surface area contributed by atoms with Gasteiger partial charge in [0, 0.05) is 15.3 Å². The zero-order valence-electron chi connectivity index (χ0n) is 19.8. The number of carbonyl (C=O) groups excluding carboxylic acids is 1. The minimum Gasteiger partial charge on any atom is -0.302 e. The lowest BCUT2D eigenvalue weighted by molar-refractivity contribution is -0.117. The molecule has 0 aliphatic heterocycles. The van der Waals surface area contributed by atoms with Crippen LogP contribution in [0.25, 0.3) is 0 Å². The molecule has 0 bridgehead atoms. The third-order valence-electron chi connectivity index (χ3n) is 7.78. The number of fused-ring (bicyclic) bond motifs is 3. The molecule has 4 nitrogen and oxygen atoms in total. The van der Waals surface area contributed by atoms with Crippen molar-refractivity contribution in [3.8, 4) is 0 Å². The number of halogens is 1. The molecule has 0 saturated carbocycles. The first-order valence-corrected chi connectivity index (χ1v) is 14.1. The number of sulfonamides is 1. The summed E-state index contributed by atoms with van der Waals surface area (Å²) in [5.74, 6) is 0.215. The minimum absolute atomic E-state index is 0.168. The fourth-order valence-electron chi connectivity index (χ4n) is 6.02. The highest BCUT2D eigenvalue weighted by atomic mass is 79.9. The summed E-state index contributed by atoms with van der Waals surface area (Å²) < 4.78 is 30.0. The number of benzene rings is 3. The van der Waals surface area contributed by atoms with E-state index in [1.807, 2.05) is 49.4 Å². The maximum Gasteiger partial charge on any atom is 0.268 e. The van der Waals surface area contributed by atoms with Crippen LogP contribution >= 0.6 is 15.9 Å². The van der Waals surface area contributed by atoms with Crippen molar-refractivity contribution < 1.29 is 13.2 Å². The van der Waals surface area contributed by atoms with Gasteiger partial charge < -0.3 is 4.79 Å². The van der Waals surface area contributed by atoms with E-state index in [1.54, 1.807) is 24.3 Å². The Morgan fingerprint density at radius 1 is 0.971 bits per heavy atom. The predicted molar refractivity (Wildman–Crippen MR) is 143 cm³/mol. The van der Waals surface area contributed by atoms with E-state index < -0.39 is 15.4 Å². The van der Waals surface area contributed by atoms with Crippen LogP contribution in [-0.2, 0) is 26.7 Å². The maximum absolute atomic E-state index is 13.9. The van der Waals surface area contributed by atoms with Crippen LogP contribution < -0.4 is 4.31 Å². The Morgan fingerprint density at radius 2 is 1.69 bits per heavy atom. The minimum atomic E-state index is -3.86. The van der Waals surface area contributed by atoms with Gasteiger partial charge in [-0.1, -0.05) is 59.3 Å². The van der Waals surface area contributed by atoms with Crippen LogP contribution in [0.1, 0.15) is 37.8 Å². The summed E-state index contributed by atoms with van der Waals surface area (Å²) >= 11 is 3.39. The van der Waals surface area contributed by atoms with Crippen molar-refractivity contribution in [3.63, 3.8) is 0 Å². The average molecular weight is 551 g/mol. The zero-order chi connectivity index (χ0) is 24.8. The third kappa shape index (κ3) is 3.97. The summed E-state index contributed by atoms with van der Waals surface area (Å²) in [6.07, 6.45) is 7.84. The topological polar surface area (TPSA) is 54.5 Å². The molecule has 35 heavy (non-hydrogen) atoms. The molecule has 0 radical (unpaired) electrons. The maximum atomic E-state index is 13.9. The lowest BCUT2D eigenvalue weighted by atomic mass is 9.52. The van der Waals surface area contributed by atoms with Crippen LogP contribution in [0.5, 0.6) is 0 Å². The molecule has 6 heteroatoms. The average Bonchev–Trinajstić information content (AvgIpc) is 2.85. The molecule has 0 heterocycles. The summed E-state index contributed by atoms with van der Waals surface area (Å²) in [6, 6.07) is 21.9. The molecule has 0 aromatic heterocycles. The summed E-state index contributed by atoms with van der Waals surface area (Å²) in [5, 5.41) is 0. The van der Waals surface area contributed by atoms with Gasteiger partial charge in [0.15, 0.2) is 0 Å². The standard InChI is InChI=1S/C29H28BrNO3S/c1-28(20-32)17-6-18-29(2)26-15-12-24(19-21(26)9-16-27(28)29)31(23-7-4-3-5-8-23)35(33,34)25-13-10-22(30)11-14-25/h3-8,10-15,17,19-20,27H,9,16,18H2,1-2H3/t27-,28+,29+/m0/s1. The lowest BCUT2D eigenvalue weighted by Gasteiger charge is -2.51. The fraction of sp³-hybridized carbons (Fsp3) is 0.276. The second-order valence-electron chi connectivity index (χ2n) is 10.00. The highest BCUT2D eigenvalue weighted by Gasteiger charge is 2.50. The Morgan fingerprint density at radius 3 is 2.37 bits per heavy atom. The smallest absolute Gasteiger partial charge is 0.268 e. The lowest BCUT2D eigenvalue weighted by Crippen LogP contribution is -2.47. The van der Waals surface area contributed by atoms with Gasteiger partial charge in [0.05, 0.1) is 16.3 Å². The van der Waals surface area contributed by atoms with Gasteiger partial charge in [-0.2, -0.15) is 0 Å². The van der Waals surface area contributed by atoms with E-state index in [9.17, 15) is 13.2 Å². The Bertz CT molecular complexity index is 1400. The van der Waals surface area contributed by atoms with Crippen LogP contribution in [0, 0.1) is 11.3 Å². The van der Waals surface area contributed by atoms with Gasteiger partial charge in [-0.05, 0) is 91.8 Å². The van der Waals surface area contributed by atoms with Crippen LogP contribution in [-0.4, -0.2) is 14.7 Å². The molecule has 180 valence electrons. The first-order chi connectivity index (χ1) is 16.7. The number of aryl methyl sites for hydroxylation is 1. The SMILES string of the molecule is C[C@]1(C=O)C=CC[C@]2(C)c3ccc(N(c4ccccc4)S(=O)(=O)c4ccc(Br)cc4)cc3CC[C@@H]12. The van der Waals surface area contributed by atoms with Crippen molar-refractivity contribution in [2.24, 2.45) is 11.3 Å². The number of allylic oxidation sites excluding steroid dienone is 2. The molecule has 0 amide bonds. The van der Waals surface area contributed by atoms with Crippen molar-refractivity contribution >= 4 is 43.6 Å². The van der Waals surface area contributed by atoms with Crippen molar-refractivity contribution in [1.29, 1.82) is 0 Å². The zero-order valence-corrected chi connectivity index (χ0v) is 22.2. The molecule has 3 aromatic carbocycles. The Labute approximate surface area is 215 Å². The van der Waals surface area contributed by atoms with E-state index in [2.05, 4.69) is 41.1 Å². The predicted octanol–water partition coefficient (Wildman–Crippen LogP) is 6.96. The molecule has 2 aliphatic carbocycles. The quantitative estimate of drug-likeness (QED) is 0.255. The first-order valence-electron chi connectivity index (χ1n) is 11.8. The molecular formula is C29H28BrNO3S. The summed E-state index contributed by atoms with van der Waals surface area (Å²) in [5.41, 5.74) is 2.91. The van der Waals surface area contributed by atoms with E-state index in [1.165, 1.54) is 9.87 Å². The molecule has 0 fully saturated rings. The van der Waals surface area contributed by atoms with Gasteiger partial charge in [-0.15, -0.1) is 0 Å². The highest BCUT2D eigenvalue weighted by molar-refractivity contribution is 9.10. The van der Waals surface area contributed by atoms with Crippen molar-refractivity contribution in [1.82, 2.24) is 0 Å². The van der Waals surface area contributed by atoms with Crippen molar-refractivity contribution in [2.45, 2.75) is 43.4 Å². The Hall–Kier alpha value is -2.70. The second kappa shape index (κ2) is 8.75. The molecule has 0 saturated heterocycles. The van der Waals surface area contributed by atoms with Gasteiger partial charge in [-0.25, -0.2) is 12.7 Å². The Balaban J connectivity index is 1.63. The van der Waals surface area contributed by atoms with Gasteiger partial charge in [0.25, 0.3) is 10.0 Å². The van der Waals surface area contributed by atoms with Crippen LogP contribution in [0.15, 0.2) is 94.3 Å². The summed E-state index contributed by atoms with van der Waals surface area (Å²) in [7, 11) is -3.86. The number of hydrogen-bond acceptors (Lipinski definition) is 3. The number of aldehydes is 1. The van der Waals surface area contributed by atoms with Gasteiger partial charge >= 0.3 is 0 Å². The number of rotatable bonds is 5. The van der Waals surface area contributed by atoms with E-state index in [0.29, 0.717) is 11.4 Å². The highest BCUT2D eigenvalue weighted by Crippen LogP contribution is 2.54. The van der Waals surface area contributed by atoms with E-state index in [4.69, 9.17) is 0 Å². The fourth-order valence-corrected chi connectivity index (χ4v) is 7.77. The van der Waals surface area contributed by atoms with E-state index in [0.717, 1.165) is 35.6 Å². The number of para-hydroxylation sites is 1. The van der Waals surface area contributed by atoms with Gasteiger partial charge in [-0.3, -0.25) is 0 Å². The van der Waals surface area contributed by atoms with E-state index in [-0.39, 0.29) is 16.2 Å². The third-order valence-corrected chi connectivity index (χ3v) is 10.1. The first kappa shape index (κ1) is 24.0. The van der Waals surface area contributed by atoms with Crippen LogP contribution in [0.2, 0.25) is 0 Å². The Kier molecular flexibility index (Phi) is 6.01. The van der Waals surface area contributed by atoms with Crippen LogP contribution in [0.3, 0.4) is 0 Å². The van der Waals surface area contributed by atoms with Gasteiger partial charge in [0.1, 0.15) is 6.29 Å². The number of anilines is 2. The van der Waals surface area contributed by atoms with Crippen LogP contribution in [0.4, 0.5) is 11.4 Å². The van der Waals surface area contributed by atoms with Crippen molar-refractivity contribution in [2.75, 3.05) is 4.31 Å². The molecule has 0 spiro atoms. The monoisotopic (exact) mass is 549 g/mol. The molecule has 3 atom stereocenters. The second-order valence-corrected chi connectivity index (χ2v) is 12.7. The number of hydrogen-bond donors (Lipinski definition) is 0. The molecular weight excluding hydrogens is 522 g/mol. The molecule has 0 N–H and O–H groups in total. The molecule has 2 aliphatic rings. The van der Waals surface area contributed by atoms with E-state index >= 15 is 0 Å². The number of nitrogens with zero attached hydrogens (tertiary/aromatic N) is 1. The summed E-state index contributed by atoms with van der Waals surface area (Å²) in [6.45, 7) is 4.27. The normalized spacial score (nSPS) is 25.4. The van der Waals surface area contributed by atoms with Crippen molar-refractivity contribution in [3.05, 3.63) is 101 Å². The molecule has 3 aromatic rings.